The van der Waals surface area contributed by atoms with Gasteiger partial charge in [-0.1, -0.05) is 34.1 Å². The standard InChI is InChI=1S/C16H12BrNOS2/c17-11-4-3-5-13(8-11)20-10-12(19)9-16-18-14-6-1-2-7-15(14)21-16/h1-8H,9-10H2. The third-order valence-electron chi connectivity index (χ3n) is 2.88. The highest BCUT2D eigenvalue weighted by molar-refractivity contribution is 9.10. The molecule has 0 saturated carbocycles. The minimum absolute atomic E-state index is 0.207. The van der Waals surface area contributed by atoms with Crippen molar-refractivity contribution < 1.29 is 4.79 Å². The van der Waals surface area contributed by atoms with Crippen molar-refractivity contribution in [2.75, 3.05) is 5.75 Å². The molecule has 0 radical (unpaired) electrons. The van der Waals surface area contributed by atoms with Gasteiger partial charge in [0.25, 0.3) is 0 Å². The van der Waals surface area contributed by atoms with Crippen molar-refractivity contribution in [3.05, 3.63) is 58.0 Å². The second-order valence-electron chi connectivity index (χ2n) is 4.54. The van der Waals surface area contributed by atoms with Crippen LogP contribution in [0.25, 0.3) is 10.2 Å². The van der Waals surface area contributed by atoms with E-state index in [9.17, 15) is 4.79 Å². The van der Waals surface area contributed by atoms with Gasteiger partial charge in [-0.3, -0.25) is 4.79 Å². The van der Waals surface area contributed by atoms with Crippen LogP contribution in [-0.4, -0.2) is 16.5 Å². The zero-order valence-electron chi connectivity index (χ0n) is 11.1. The predicted molar refractivity (Wildman–Crippen MR) is 93.2 cm³/mol. The molecule has 0 spiro atoms. The first kappa shape index (κ1) is 14.8. The predicted octanol–water partition coefficient (Wildman–Crippen LogP) is 4.96. The number of carbonyl (C=O) groups is 1. The van der Waals surface area contributed by atoms with Crippen LogP contribution in [0.3, 0.4) is 0 Å². The van der Waals surface area contributed by atoms with E-state index >= 15 is 0 Å². The molecule has 5 heteroatoms. The topological polar surface area (TPSA) is 30.0 Å². The van der Waals surface area contributed by atoms with Crippen molar-refractivity contribution in [3.63, 3.8) is 0 Å². The van der Waals surface area contributed by atoms with Gasteiger partial charge in [-0.2, -0.15) is 0 Å². The molecule has 2 nitrogen and oxygen atoms in total. The van der Waals surface area contributed by atoms with Crippen LogP contribution < -0.4 is 0 Å². The van der Waals surface area contributed by atoms with Crippen molar-refractivity contribution in [1.82, 2.24) is 4.98 Å². The van der Waals surface area contributed by atoms with Crippen molar-refractivity contribution in [2.45, 2.75) is 11.3 Å². The molecule has 0 aliphatic heterocycles. The second-order valence-corrected chi connectivity index (χ2v) is 7.62. The third kappa shape index (κ3) is 3.93. The zero-order valence-corrected chi connectivity index (χ0v) is 14.3. The summed E-state index contributed by atoms with van der Waals surface area (Å²) in [7, 11) is 0. The van der Waals surface area contributed by atoms with Gasteiger partial charge in [-0.25, -0.2) is 4.98 Å². The van der Waals surface area contributed by atoms with Gasteiger partial charge in [0.15, 0.2) is 0 Å². The largest absolute Gasteiger partial charge is 0.298 e. The summed E-state index contributed by atoms with van der Waals surface area (Å²) in [4.78, 5) is 17.7. The number of carbonyl (C=O) groups excluding carboxylic acids is 1. The Bertz CT molecular complexity index is 752. The number of fused-ring (bicyclic) bond motifs is 1. The molecule has 2 aromatic carbocycles. The molecule has 21 heavy (non-hydrogen) atoms. The number of rotatable bonds is 5. The Hall–Kier alpha value is -1.17. The van der Waals surface area contributed by atoms with E-state index in [0.717, 1.165) is 24.6 Å². The number of thiazole rings is 1. The molecule has 0 N–H and O–H groups in total. The first-order valence-corrected chi connectivity index (χ1v) is 9.05. The van der Waals surface area contributed by atoms with Crippen LogP contribution in [-0.2, 0) is 11.2 Å². The average molecular weight is 378 g/mol. The number of ketones is 1. The molecule has 0 unspecified atom stereocenters. The Balaban J connectivity index is 1.61. The molecule has 0 atom stereocenters. The quantitative estimate of drug-likeness (QED) is 0.588. The first-order valence-electron chi connectivity index (χ1n) is 6.45. The number of Topliss-reactive ketones (excluding diaryl/α,β-unsaturated/α-hetero) is 1. The van der Waals surface area contributed by atoms with Crippen LogP contribution in [0.15, 0.2) is 57.9 Å². The van der Waals surface area contributed by atoms with Gasteiger partial charge in [-0.15, -0.1) is 23.1 Å². The van der Waals surface area contributed by atoms with Crippen LogP contribution in [0.4, 0.5) is 0 Å². The zero-order chi connectivity index (χ0) is 14.7. The maximum atomic E-state index is 12.1. The Morgan fingerprint density at radius 2 is 2.05 bits per heavy atom. The van der Waals surface area contributed by atoms with E-state index < -0.39 is 0 Å². The molecule has 3 aromatic rings. The first-order chi connectivity index (χ1) is 10.2. The van der Waals surface area contributed by atoms with E-state index in [2.05, 4.69) is 20.9 Å². The van der Waals surface area contributed by atoms with Gasteiger partial charge < -0.3 is 0 Å². The molecule has 0 aliphatic carbocycles. The van der Waals surface area contributed by atoms with Crippen molar-refractivity contribution in [3.8, 4) is 0 Å². The van der Waals surface area contributed by atoms with Crippen molar-refractivity contribution >= 4 is 55.0 Å². The Labute approximate surface area is 139 Å². The minimum Gasteiger partial charge on any atom is -0.298 e. The molecule has 3 rings (SSSR count). The smallest absolute Gasteiger partial charge is 0.149 e. The summed E-state index contributed by atoms with van der Waals surface area (Å²) >= 11 is 6.60. The molecule has 0 bridgehead atoms. The SMILES string of the molecule is O=C(CSc1cccc(Br)c1)Cc1nc2ccccc2s1. The molecule has 106 valence electrons. The van der Waals surface area contributed by atoms with Gasteiger partial charge >= 0.3 is 0 Å². The maximum Gasteiger partial charge on any atom is 0.149 e. The normalized spacial score (nSPS) is 10.9. The number of benzene rings is 2. The van der Waals surface area contributed by atoms with Gasteiger partial charge in [0, 0.05) is 9.37 Å². The van der Waals surface area contributed by atoms with Crippen molar-refractivity contribution in [2.24, 2.45) is 0 Å². The lowest BCUT2D eigenvalue weighted by Gasteiger charge is -2.00. The highest BCUT2D eigenvalue weighted by Crippen LogP contribution is 2.24. The number of para-hydroxylation sites is 1. The molecule has 0 fully saturated rings. The summed E-state index contributed by atoms with van der Waals surface area (Å²) < 4.78 is 2.17. The van der Waals surface area contributed by atoms with Crippen LogP contribution in [0.2, 0.25) is 0 Å². The molecule has 1 aromatic heterocycles. The number of aromatic nitrogens is 1. The second kappa shape index (κ2) is 6.73. The minimum atomic E-state index is 0.207. The molecule has 1 heterocycles. The molecular weight excluding hydrogens is 366 g/mol. The van der Waals surface area contributed by atoms with Crippen molar-refractivity contribution in [1.29, 1.82) is 0 Å². The summed E-state index contributed by atoms with van der Waals surface area (Å²) in [6, 6.07) is 16.0. The number of hydrogen-bond acceptors (Lipinski definition) is 4. The molecule has 0 amide bonds. The van der Waals surface area contributed by atoms with E-state index in [1.165, 1.54) is 0 Å². The van der Waals surface area contributed by atoms with E-state index in [1.807, 2.05) is 48.5 Å². The number of halogens is 1. The lowest BCUT2D eigenvalue weighted by Crippen LogP contribution is -2.05. The van der Waals surface area contributed by atoms with Gasteiger partial charge in [-0.05, 0) is 30.3 Å². The number of hydrogen-bond donors (Lipinski definition) is 0. The van der Waals surface area contributed by atoms with Crippen LogP contribution in [0.5, 0.6) is 0 Å². The van der Waals surface area contributed by atoms with Crippen LogP contribution in [0, 0.1) is 0 Å². The fraction of sp³-hybridized carbons (Fsp3) is 0.125. The Morgan fingerprint density at radius 3 is 2.86 bits per heavy atom. The van der Waals surface area contributed by atoms with E-state index in [4.69, 9.17) is 0 Å². The average Bonchev–Trinajstić information content (AvgIpc) is 2.87. The van der Waals surface area contributed by atoms with Crippen LogP contribution >= 0.6 is 39.0 Å². The fourth-order valence-corrected chi connectivity index (χ4v) is 4.30. The summed E-state index contributed by atoms with van der Waals surface area (Å²) in [5.74, 6) is 0.686. The highest BCUT2D eigenvalue weighted by atomic mass is 79.9. The highest BCUT2D eigenvalue weighted by Gasteiger charge is 2.09. The molecule has 0 aliphatic rings. The lowest BCUT2D eigenvalue weighted by molar-refractivity contribution is -0.115. The summed E-state index contributed by atoms with van der Waals surface area (Å²) in [5, 5.41) is 0.899. The monoisotopic (exact) mass is 377 g/mol. The van der Waals surface area contributed by atoms with E-state index in [0.29, 0.717) is 12.2 Å². The molecule has 0 saturated heterocycles. The van der Waals surface area contributed by atoms with Gasteiger partial charge in [0.1, 0.15) is 10.8 Å². The number of thioether (sulfide) groups is 1. The van der Waals surface area contributed by atoms with Crippen LogP contribution in [0.1, 0.15) is 5.01 Å². The third-order valence-corrected chi connectivity index (χ3v) is 5.47. The van der Waals surface area contributed by atoms with E-state index in [1.54, 1.807) is 23.1 Å². The van der Waals surface area contributed by atoms with Gasteiger partial charge in [0.05, 0.1) is 22.4 Å². The Kier molecular flexibility index (Phi) is 4.73. The van der Waals surface area contributed by atoms with Gasteiger partial charge in [0.2, 0.25) is 0 Å². The maximum absolute atomic E-state index is 12.1. The lowest BCUT2D eigenvalue weighted by atomic mass is 10.3. The summed E-state index contributed by atoms with van der Waals surface area (Å²) in [5.41, 5.74) is 0.977. The number of nitrogens with zero attached hydrogens (tertiary/aromatic N) is 1. The van der Waals surface area contributed by atoms with E-state index in [-0.39, 0.29) is 5.78 Å². The summed E-state index contributed by atoms with van der Waals surface area (Å²) in [6.45, 7) is 0. The summed E-state index contributed by atoms with van der Waals surface area (Å²) in [6.07, 6.45) is 0.417. The Morgan fingerprint density at radius 1 is 1.19 bits per heavy atom. The fourth-order valence-electron chi connectivity index (χ4n) is 1.94. The molecular formula is C16H12BrNOS2.